The summed E-state index contributed by atoms with van der Waals surface area (Å²) in [5.74, 6) is -0.979. The van der Waals surface area contributed by atoms with Crippen LogP contribution in [0.1, 0.15) is 5.56 Å². The molecule has 0 fully saturated rings. The SMILES string of the molecule is Cc1cc(Cl)c(F)c([N+](=O)[O-])c1. The Kier molecular flexibility index (Phi) is 2.28. The molecule has 1 rings (SSSR count). The summed E-state index contributed by atoms with van der Waals surface area (Å²) in [4.78, 5) is 9.44. The fourth-order valence-electron chi connectivity index (χ4n) is 0.839. The molecule has 12 heavy (non-hydrogen) atoms. The van der Waals surface area contributed by atoms with Crippen LogP contribution in [0.15, 0.2) is 12.1 Å². The van der Waals surface area contributed by atoms with Gasteiger partial charge in [-0.1, -0.05) is 11.6 Å². The van der Waals surface area contributed by atoms with Crippen molar-refractivity contribution < 1.29 is 9.31 Å². The number of benzene rings is 1. The van der Waals surface area contributed by atoms with E-state index >= 15 is 0 Å². The van der Waals surface area contributed by atoms with E-state index < -0.39 is 16.4 Å². The lowest BCUT2D eigenvalue weighted by Crippen LogP contribution is -1.93. The maximum absolute atomic E-state index is 12.9. The largest absolute Gasteiger partial charge is 0.306 e. The Labute approximate surface area is 72.9 Å². The van der Waals surface area contributed by atoms with E-state index in [2.05, 4.69) is 0 Å². The van der Waals surface area contributed by atoms with Crippen LogP contribution in [0.5, 0.6) is 0 Å². The van der Waals surface area contributed by atoms with Crippen molar-refractivity contribution in [3.63, 3.8) is 0 Å². The van der Waals surface area contributed by atoms with Crippen LogP contribution in [0.2, 0.25) is 5.02 Å². The molecule has 0 aromatic heterocycles. The van der Waals surface area contributed by atoms with E-state index in [9.17, 15) is 14.5 Å². The lowest BCUT2D eigenvalue weighted by molar-refractivity contribution is -0.387. The van der Waals surface area contributed by atoms with Gasteiger partial charge in [0, 0.05) is 6.07 Å². The molecule has 0 atom stereocenters. The predicted octanol–water partition coefficient (Wildman–Crippen LogP) is 2.70. The van der Waals surface area contributed by atoms with Crippen LogP contribution in [0.25, 0.3) is 0 Å². The monoisotopic (exact) mass is 189 g/mol. The molecule has 3 nitrogen and oxygen atoms in total. The number of halogens is 2. The summed E-state index contributed by atoms with van der Waals surface area (Å²) in [6.45, 7) is 1.61. The minimum Gasteiger partial charge on any atom is -0.258 e. The van der Waals surface area contributed by atoms with E-state index in [1.54, 1.807) is 6.92 Å². The van der Waals surface area contributed by atoms with E-state index in [1.165, 1.54) is 6.07 Å². The van der Waals surface area contributed by atoms with Crippen molar-refractivity contribution in [2.24, 2.45) is 0 Å². The number of nitrogens with zero attached hydrogens (tertiary/aromatic N) is 1. The smallest absolute Gasteiger partial charge is 0.258 e. The Hall–Kier alpha value is -1.16. The van der Waals surface area contributed by atoms with Crippen LogP contribution in [0, 0.1) is 22.9 Å². The third-order valence-electron chi connectivity index (χ3n) is 1.35. The number of aryl methyl sites for hydroxylation is 1. The minimum absolute atomic E-state index is 0.221. The Morgan fingerprint density at radius 3 is 2.67 bits per heavy atom. The first-order valence-electron chi connectivity index (χ1n) is 3.12. The molecular formula is C7H5ClFNO2. The zero-order valence-corrected chi connectivity index (χ0v) is 6.93. The highest BCUT2D eigenvalue weighted by molar-refractivity contribution is 6.31. The first kappa shape index (κ1) is 8.93. The molecule has 1 aromatic rings. The summed E-state index contributed by atoms with van der Waals surface area (Å²) < 4.78 is 12.9. The van der Waals surface area contributed by atoms with Gasteiger partial charge in [-0.05, 0) is 18.6 Å². The quantitative estimate of drug-likeness (QED) is 0.504. The fourth-order valence-corrected chi connectivity index (χ4v) is 1.11. The van der Waals surface area contributed by atoms with Gasteiger partial charge >= 0.3 is 5.69 Å². The standard InChI is InChI=1S/C7H5ClFNO2/c1-4-2-5(8)7(9)6(3-4)10(11)12/h2-3H,1H3. The Bertz CT molecular complexity index is 340. The molecule has 5 heteroatoms. The molecule has 0 aliphatic heterocycles. The van der Waals surface area contributed by atoms with Crippen molar-refractivity contribution in [3.8, 4) is 0 Å². The lowest BCUT2D eigenvalue weighted by atomic mass is 10.2. The zero-order chi connectivity index (χ0) is 9.30. The molecule has 0 amide bonds. The molecule has 0 heterocycles. The molecule has 0 radical (unpaired) electrons. The van der Waals surface area contributed by atoms with Gasteiger partial charge in [0.1, 0.15) is 0 Å². The highest BCUT2D eigenvalue weighted by Crippen LogP contribution is 2.25. The summed E-state index contributed by atoms with van der Waals surface area (Å²) in [7, 11) is 0. The molecule has 0 spiro atoms. The summed E-state index contributed by atoms with van der Waals surface area (Å²) in [6, 6.07) is 2.48. The van der Waals surface area contributed by atoms with E-state index in [1.807, 2.05) is 0 Å². The third kappa shape index (κ3) is 1.53. The molecule has 0 aliphatic carbocycles. The van der Waals surface area contributed by atoms with Crippen LogP contribution in [-0.4, -0.2) is 4.92 Å². The second-order valence-electron chi connectivity index (χ2n) is 2.34. The molecule has 0 saturated heterocycles. The maximum atomic E-state index is 12.9. The maximum Gasteiger partial charge on any atom is 0.306 e. The van der Waals surface area contributed by atoms with Crippen LogP contribution in [-0.2, 0) is 0 Å². The highest BCUT2D eigenvalue weighted by atomic mass is 35.5. The fraction of sp³-hybridized carbons (Fsp3) is 0.143. The van der Waals surface area contributed by atoms with Crippen molar-refractivity contribution in [3.05, 3.63) is 38.7 Å². The van der Waals surface area contributed by atoms with Crippen molar-refractivity contribution in [2.45, 2.75) is 6.92 Å². The van der Waals surface area contributed by atoms with Gasteiger partial charge in [-0.25, -0.2) is 0 Å². The second kappa shape index (κ2) is 3.06. The Morgan fingerprint density at radius 1 is 1.58 bits per heavy atom. The van der Waals surface area contributed by atoms with E-state index in [0.717, 1.165) is 6.07 Å². The molecule has 0 bridgehead atoms. The average molecular weight is 190 g/mol. The lowest BCUT2D eigenvalue weighted by Gasteiger charge is -1.97. The van der Waals surface area contributed by atoms with Gasteiger partial charge in [0.05, 0.1) is 9.95 Å². The molecule has 0 N–H and O–H groups in total. The second-order valence-corrected chi connectivity index (χ2v) is 2.74. The van der Waals surface area contributed by atoms with Gasteiger partial charge in [0.2, 0.25) is 5.82 Å². The van der Waals surface area contributed by atoms with Gasteiger partial charge in [0.25, 0.3) is 0 Å². The minimum atomic E-state index is -0.979. The van der Waals surface area contributed by atoms with E-state index in [-0.39, 0.29) is 5.02 Å². The first-order chi connectivity index (χ1) is 5.52. The molecule has 0 saturated carbocycles. The summed E-state index contributed by atoms with van der Waals surface area (Å²) in [5.41, 5.74) is -0.0203. The average Bonchev–Trinajstić information content (AvgIpc) is 1.96. The Balaban J connectivity index is 3.37. The Morgan fingerprint density at radius 2 is 2.17 bits per heavy atom. The zero-order valence-electron chi connectivity index (χ0n) is 6.17. The first-order valence-corrected chi connectivity index (χ1v) is 3.50. The van der Waals surface area contributed by atoms with Crippen LogP contribution >= 0.6 is 11.6 Å². The van der Waals surface area contributed by atoms with Crippen molar-refractivity contribution in [1.82, 2.24) is 0 Å². The summed E-state index contributed by atoms with van der Waals surface area (Å²) in [5, 5.41) is 10.0. The van der Waals surface area contributed by atoms with Gasteiger partial charge in [-0.2, -0.15) is 4.39 Å². The molecular weight excluding hydrogens is 185 g/mol. The van der Waals surface area contributed by atoms with Crippen LogP contribution in [0.4, 0.5) is 10.1 Å². The number of hydrogen-bond acceptors (Lipinski definition) is 2. The van der Waals surface area contributed by atoms with Crippen molar-refractivity contribution >= 4 is 17.3 Å². The van der Waals surface area contributed by atoms with Gasteiger partial charge in [-0.3, -0.25) is 10.1 Å². The predicted molar refractivity (Wildman–Crippen MR) is 42.8 cm³/mol. The molecule has 0 unspecified atom stereocenters. The normalized spacial score (nSPS) is 9.92. The highest BCUT2D eigenvalue weighted by Gasteiger charge is 2.17. The van der Waals surface area contributed by atoms with Crippen molar-refractivity contribution in [1.29, 1.82) is 0 Å². The van der Waals surface area contributed by atoms with Crippen LogP contribution in [0.3, 0.4) is 0 Å². The number of rotatable bonds is 1. The number of nitro benzene ring substituents is 1. The van der Waals surface area contributed by atoms with Gasteiger partial charge in [-0.15, -0.1) is 0 Å². The van der Waals surface area contributed by atoms with Gasteiger partial charge < -0.3 is 0 Å². The van der Waals surface area contributed by atoms with Gasteiger partial charge in [0.15, 0.2) is 0 Å². The van der Waals surface area contributed by atoms with E-state index in [4.69, 9.17) is 11.6 Å². The summed E-state index contributed by atoms with van der Waals surface area (Å²) in [6.07, 6.45) is 0. The van der Waals surface area contributed by atoms with Crippen LogP contribution < -0.4 is 0 Å². The topological polar surface area (TPSA) is 43.1 Å². The van der Waals surface area contributed by atoms with E-state index in [0.29, 0.717) is 5.56 Å². The number of nitro groups is 1. The number of hydrogen-bond donors (Lipinski definition) is 0. The van der Waals surface area contributed by atoms with Crippen molar-refractivity contribution in [2.75, 3.05) is 0 Å². The molecule has 64 valence electrons. The summed E-state index contributed by atoms with van der Waals surface area (Å²) >= 11 is 5.38. The third-order valence-corrected chi connectivity index (χ3v) is 1.63. The molecule has 0 aliphatic rings. The molecule has 1 aromatic carbocycles.